The molecule has 6 nitrogen and oxygen atoms in total. The third kappa shape index (κ3) is 10.1. The van der Waals surface area contributed by atoms with Gasteiger partial charge >= 0.3 is 5.97 Å². The lowest BCUT2D eigenvalue weighted by Crippen LogP contribution is -2.46. The highest BCUT2D eigenvalue weighted by atomic mass is 16.6. The van der Waals surface area contributed by atoms with Crippen LogP contribution in [0.25, 0.3) is 0 Å². The summed E-state index contributed by atoms with van der Waals surface area (Å²) in [7, 11) is 0. The van der Waals surface area contributed by atoms with E-state index in [1.807, 2.05) is 115 Å². The first kappa shape index (κ1) is 32.5. The molecule has 5 aromatic carbocycles. The van der Waals surface area contributed by atoms with Gasteiger partial charge in [0, 0.05) is 12.0 Å². The fourth-order valence-corrected chi connectivity index (χ4v) is 5.04. The molecule has 0 N–H and O–H groups in total. The first-order valence-corrected chi connectivity index (χ1v) is 15.4. The third-order valence-corrected chi connectivity index (χ3v) is 7.47. The summed E-state index contributed by atoms with van der Waals surface area (Å²) in [5.74, 6) is -0.622. The normalized spacial score (nSPS) is 13.0. The largest absolute Gasteiger partial charge is 0.453 e. The maximum atomic E-state index is 13.6. The molecule has 0 heterocycles. The molecule has 0 saturated heterocycles. The number of benzene rings is 5. The van der Waals surface area contributed by atoms with Crippen LogP contribution < -0.4 is 0 Å². The van der Waals surface area contributed by atoms with Gasteiger partial charge in [0.1, 0.15) is 6.10 Å². The summed E-state index contributed by atoms with van der Waals surface area (Å²) in [5.41, 5.74) is 3.82. The number of ether oxygens (including phenoxy) is 4. The molecule has 3 atom stereocenters. The number of Topliss-reactive ketones (excluding diaryl/α,β-unsaturated/α-hetero) is 1. The van der Waals surface area contributed by atoms with Crippen LogP contribution in [-0.2, 0) is 38.8 Å². The molecular weight excluding hydrogens is 576 g/mol. The average Bonchev–Trinajstić information content (AvgIpc) is 3.12. The van der Waals surface area contributed by atoms with Crippen LogP contribution in [-0.4, -0.2) is 36.7 Å². The predicted molar refractivity (Wildman–Crippen MR) is 177 cm³/mol. The Morgan fingerprint density at radius 3 is 1.43 bits per heavy atom. The molecule has 0 radical (unpaired) electrons. The zero-order chi connectivity index (χ0) is 31.8. The van der Waals surface area contributed by atoms with E-state index >= 15 is 0 Å². The molecule has 0 aliphatic carbocycles. The fourth-order valence-electron chi connectivity index (χ4n) is 5.04. The van der Waals surface area contributed by atoms with Crippen molar-refractivity contribution in [3.63, 3.8) is 0 Å². The second-order valence-corrected chi connectivity index (χ2v) is 10.9. The van der Waals surface area contributed by atoms with Crippen LogP contribution in [0.1, 0.15) is 43.8 Å². The first-order chi connectivity index (χ1) is 22.7. The highest BCUT2D eigenvalue weighted by Crippen LogP contribution is 2.23. The van der Waals surface area contributed by atoms with Crippen LogP contribution >= 0.6 is 0 Å². The van der Waals surface area contributed by atoms with Gasteiger partial charge in [0.2, 0.25) is 0 Å². The Bertz CT molecular complexity index is 1600. The zero-order valence-corrected chi connectivity index (χ0v) is 25.7. The Hall–Kier alpha value is -4.88. The Morgan fingerprint density at radius 1 is 0.478 bits per heavy atom. The second-order valence-electron chi connectivity index (χ2n) is 10.9. The molecule has 0 amide bonds. The van der Waals surface area contributed by atoms with Crippen molar-refractivity contribution in [1.82, 2.24) is 0 Å². The maximum absolute atomic E-state index is 13.6. The van der Waals surface area contributed by atoms with Crippen molar-refractivity contribution < 1.29 is 28.5 Å². The Kier molecular flexibility index (Phi) is 12.4. The standard InChI is InChI=1S/C40H38O6/c41-36(34-22-12-4-13-23-34)26-37(44-28-32-18-8-2-9-19-32)39(45-29-33-20-10-3-11-21-33)38(30-43-27-31-16-6-1-7-17-31)46-40(42)35-24-14-5-15-25-35/h1-25,37-39H,26-30H2/t37-,38-,39-/m1/s1. The van der Waals surface area contributed by atoms with Gasteiger partial charge in [0.05, 0.1) is 38.1 Å². The van der Waals surface area contributed by atoms with E-state index in [-0.39, 0.29) is 32.0 Å². The summed E-state index contributed by atoms with van der Waals surface area (Å²) in [6.45, 7) is 0.791. The monoisotopic (exact) mass is 614 g/mol. The van der Waals surface area contributed by atoms with Gasteiger partial charge in [0.25, 0.3) is 0 Å². The van der Waals surface area contributed by atoms with Gasteiger partial charge in [-0.15, -0.1) is 0 Å². The van der Waals surface area contributed by atoms with Crippen molar-refractivity contribution in [3.05, 3.63) is 179 Å². The summed E-state index contributed by atoms with van der Waals surface area (Å²) < 4.78 is 25.4. The molecule has 0 aromatic heterocycles. The number of carbonyl (C=O) groups is 2. The van der Waals surface area contributed by atoms with E-state index in [9.17, 15) is 9.59 Å². The summed E-state index contributed by atoms with van der Waals surface area (Å²) >= 11 is 0. The molecule has 6 heteroatoms. The molecule has 234 valence electrons. The Balaban J connectivity index is 1.47. The van der Waals surface area contributed by atoms with Crippen LogP contribution in [0.5, 0.6) is 0 Å². The predicted octanol–water partition coefficient (Wildman–Crippen LogP) is 7.87. The molecule has 46 heavy (non-hydrogen) atoms. The molecule has 0 saturated carbocycles. The number of rotatable bonds is 17. The SMILES string of the molecule is O=C(C[C@@H](OCc1ccccc1)[C@@H](OCc1ccccc1)[C@@H](COCc1ccccc1)OC(=O)c1ccccc1)c1ccccc1. The fraction of sp³-hybridized carbons (Fsp3) is 0.200. The van der Waals surface area contributed by atoms with Crippen LogP contribution in [0, 0.1) is 0 Å². The van der Waals surface area contributed by atoms with Gasteiger partial charge in [-0.1, -0.05) is 140 Å². The van der Waals surface area contributed by atoms with E-state index in [2.05, 4.69) is 0 Å². The van der Waals surface area contributed by atoms with Crippen molar-refractivity contribution in [2.24, 2.45) is 0 Å². The summed E-state index contributed by atoms with van der Waals surface area (Å²) in [4.78, 5) is 27.1. The van der Waals surface area contributed by atoms with Gasteiger partial charge in [-0.3, -0.25) is 4.79 Å². The van der Waals surface area contributed by atoms with Crippen LogP contribution in [0.4, 0.5) is 0 Å². The number of carbonyl (C=O) groups excluding carboxylic acids is 2. The van der Waals surface area contributed by atoms with Crippen molar-refractivity contribution in [2.75, 3.05) is 6.61 Å². The van der Waals surface area contributed by atoms with Gasteiger partial charge in [-0.05, 0) is 28.8 Å². The van der Waals surface area contributed by atoms with Crippen molar-refractivity contribution >= 4 is 11.8 Å². The molecular formula is C40H38O6. The van der Waals surface area contributed by atoms with E-state index < -0.39 is 24.3 Å². The molecule has 0 spiro atoms. The average molecular weight is 615 g/mol. The maximum Gasteiger partial charge on any atom is 0.338 e. The lowest BCUT2D eigenvalue weighted by Gasteiger charge is -2.33. The molecule has 0 aliphatic heterocycles. The number of esters is 1. The molecule has 5 rings (SSSR count). The minimum Gasteiger partial charge on any atom is -0.453 e. The van der Waals surface area contributed by atoms with Gasteiger partial charge < -0.3 is 18.9 Å². The van der Waals surface area contributed by atoms with Crippen LogP contribution in [0.15, 0.2) is 152 Å². The zero-order valence-electron chi connectivity index (χ0n) is 25.7. The lowest BCUT2D eigenvalue weighted by molar-refractivity contribution is -0.148. The van der Waals surface area contributed by atoms with Crippen LogP contribution in [0.3, 0.4) is 0 Å². The van der Waals surface area contributed by atoms with E-state index in [0.717, 1.165) is 16.7 Å². The van der Waals surface area contributed by atoms with Crippen LogP contribution in [0.2, 0.25) is 0 Å². The highest BCUT2D eigenvalue weighted by molar-refractivity contribution is 5.96. The smallest absolute Gasteiger partial charge is 0.338 e. The van der Waals surface area contributed by atoms with Gasteiger partial charge in [-0.2, -0.15) is 0 Å². The number of hydrogen-bond acceptors (Lipinski definition) is 6. The van der Waals surface area contributed by atoms with Crippen molar-refractivity contribution in [3.8, 4) is 0 Å². The van der Waals surface area contributed by atoms with Gasteiger partial charge in [-0.25, -0.2) is 4.79 Å². The summed E-state index contributed by atoms with van der Waals surface area (Å²) in [6.07, 6.45) is -2.51. The first-order valence-electron chi connectivity index (χ1n) is 15.4. The van der Waals surface area contributed by atoms with E-state index in [0.29, 0.717) is 17.7 Å². The second kappa shape index (κ2) is 17.6. The lowest BCUT2D eigenvalue weighted by atomic mass is 9.98. The van der Waals surface area contributed by atoms with Crippen molar-refractivity contribution in [1.29, 1.82) is 0 Å². The third-order valence-electron chi connectivity index (χ3n) is 7.47. The topological polar surface area (TPSA) is 71.1 Å². The van der Waals surface area contributed by atoms with E-state index in [4.69, 9.17) is 18.9 Å². The molecule has 5 aromatic rings. The summed E-state index contributed by atoms with van der Waals surface area (Å²) in [5, 5.41) is 0. The number of ketones is 1. The highest BCUT2D eigenvalue weighted by Gasteiger charge is 2.36. The van der Waals surface area contributed by atoms with E-state index in [1.165, 1.54) is 0 Å². The summed E-state index contributed by atoms with van der Waals surface area (Å²) in [6, 6.07) is 47.2. The Labute approximate surface area is 270 Å². The minimum absolute atomic E-state index is 0.00831. The molecule has 0 aliphatic rings. The molecule has 0 unspecified atom stereocenters. The van der Waals surface area contributed by atoms with E-state index in [1.54, 1.807) is 36.4 Å². The minimum atomic E-state index is -0.899. The Morgan fingerprint density at radius 2 is 0.913 bits per heavy atom. The van der Waals surface area contributed by atoms with Crippen molar-refractivity contribution in [2.45, 2.75) is 44.6 Å². The molecule has 0 fully saturated rings. The van der Waals surface area contributed by atoms with Gasteiger partial charge in [0.15, 0.2) is 11.9 Å². The quantitative estimate of drug-likeness (QED) is 0.0784. The number of hydrogen-bond donors (Lipinski definition) is 0. The molecule has 0 bridgehead atoms.